The number of carbonyl (C=O) groups is 1. The number of amides is 1. The van der Waals surface area contributed by atoms with Crippen LogP contribution < -0.4 is 16.2 Å². The molecule has 5 nitrogen and oxygen atoms in total. The van der Waals surface area contributed by atoms with Crippen LogP contribution in [0.4, 0.5) is 0 Å². The van der Waals surface area contributed by atoms with Crippen LogP contribution in [0.1, 0.15) is 24.4 Å². The maximum Gasteiger partial charge on any atom is 0.242 e. The first kappa shape index (κ1) is 16.9. The van der Waals surface area contributed by atoms with E-state index in [0.717, 1.165) is 26.1 Å². The summed E-state index contributed by atoms with van der Waals surface area (Å²) in [6, 6.07) is 10.1. The van der Waals surface area contributed by atoms with Crippen molar-refractivity contribution in [1.82, 2.24) is 21.1 Å². The summed E-state index contributed by atoms with van der Waals surface area (Å²) in [7, 11) is 1.97. The second-order valence-corrected chi connectivity index (χ2v) is 7.51. The van der Waals surface area contributed by atoms with Gasteiger partial charge in [-0.1, -0.05) is 46.3 Å². The number of alkyl halides is 1. The molecule has 0 spiro atoms. The van der Waals surface area contributed by atoms with E-state index in [1.54, 1.807) is 0 Å². The third-order valence-electron chi connectivity index (χ3n) is 4.78. The summed E-state index contributed by atoms with van der Waals surface area (Å²) in [6.07, 6.45) is 2.29. The highest BCUT2D eigenvalue weighted by Gasteiger charge is 2.41. The summed E-state index contributed by atoms with van der Waals surface area (Å²) in [4.78, 5) is 15.0. The second-order valence-electron chi connectivity index (χ2n) is 6.45. The number of hydrogen-bond donors (Lipinski definition) is 3. The van der Waals surface area contributed by atoms with Crippen molar-refractivity contribution in [2.24, 2.45) is 5.92 Å². The molecule has 6 heteroatoms. The highest BCUT2D eigenvalue weighted by molar-refractivity contribution is 9.09. The zero-order valence-electron chi connectivity index (χ0n) is 13.5. The Kier molecular flexibility index (Phi) is 5.69. The van der Waals surface area contributed by atoms with E-state index in [0.29, 0.717) is 5.92 Å². The van der Waals surface area contributed by atoms with Gasteiger partial charge in [-0.3, -0.25) is 4.79 Å². The van der Waals surface area contributed by atoms with Crippen molar-refractivity contribution >= 4 is 21.8 Å². The van der Waals surface area contributed by atoms with Crippen LogP contribution in [0, 0.1) is 5.92 Å². The van der Waals surface area contributed by atoms with Crippen molar-refractivity contribution in [3.63, 3.8) is 0 Å². The Bertz CT molecular complexity index is 525. The number of benzene rings is 1. The number of nitrogens with one attached hydrogen (secondary N) is 3. The molecule has 1 amide bonds. The van der Waals surface area contributed by atoms with Gasteiger partial charge in [0, 0.05) is 13.1 Å². The topological polar surface area (TPSA) is 56.4 Å². The maximum atomic E-state index is 12.9. The summed E-state index contributed by atoms with van der Waals surface area (Å²) in [5.41, 5.74) is 7.65. The van der Waals surface area contributed by atoms with Crippen LogP contribution >= 0.6 is 15.9 Å². The van der Waals surface area contributed by atoms with Gasteiger partial charge in [-0.05, 0) is 37.9 Å². The van der Waals surface area contributed by atoms with Gasteiger partial charge in [0.15, 0.2) is 0 Å². The fraction of sp³-hybridized carbons (Fsp3) is 0.588. The highest BCUT2D eigenvalue weighted by atomic mass is 79.9. The Morgan fingerprint density at radius 3 is 2.87 bits per heavy atom. The molecule has 2 saturated heterocycles. The number of rotatable bonds is 4. The molecule has 126 valence electrons. The molecule has 3 N–H and O–H groups in total. The van der Waals surface area contributed by atoms with E-state index in [9.17, 15) is 4.79 Å². The quantitative estimate of drug-likeness (QED) is 0.691. The molecule has 4 atom stereocenters. The molecule has 4 unspecified atom stereocenters. The fourth-order valence-electron chi connectivity index (χ4n) is 3.57. The van der Waals surface area contributed by atoms with Gasteiger partial charge in [-0.2, -0.15) is 0 Å². The summed E-state index contributed by atoms with van der Waals surface area (Å²) >= 11 is 3.74. The number of likely N-dealkylation sites (tertiary alicyclic amines) is 1. The van der Waals surface area contributed by atoms with Gasteiger partial charge in [0.2, 0.25) is 5.91 Å². The molecule has 0 radical (unpaired) electrons. The molecule has 2 fully saturated rings. The van der Waals surface area contributed by atoms with Crippen LogP contribution in [0.3, 0.4) is 0 Å². The SMILES string of the molecule is CNCC1CCCN(C(=O)C2NNC(c3ccccc3)C2Br)C1. The Hall–Kier alpha value is -0.950. The molecule has 0 bridgehead atoms. The largest absolute Gasteiger partial charge is 0.341 e. The number of hydrogen-bond acceptors (Lipinski definition) is 4. The molecule has 23 heavy (non-hydrogen) atoms. The first-order chi connectivity index (χ1) is 11.2. The van der Waals surface area contributed by atoms with Crippen molar-refractivity contribution in [3.05, 3.63) is 35.9 Å². The molecule has 1 aromatic carbocycles. The Labute approximate surface area is 146 Å². The maximum absolute atomic E-state index is 12.9. The van der Waals surface area contributed by atoms with Gasteiger partial charge >= 0.3 is 0 Å². The van der Waals surface area contributed by atoms with Crippen LogP contribution in [0.15, 0.2) is 30.3 Å². The number of nitrogens with zero attached hydrogens (tertiary/aromatic N) is 1. The van der Waals surface area contributed by atoms with Crippen molar-refractivity contribution in [3.8, 4) is 0 Å². The van der Waals surface area contributed by atoms with E-state index in [-0.39, 0.29) is 22.8 Å². The molecule has 2 aliphatic rings. The molecule has 3 rings (SSSR count). The molecular weight excluding hydrogens is 356 g/mol. The molecular formula is C17H25BrN4O. The predicted molar refractivity (Wildman–Crippen MR) is 95.2 cm³/mol. The van der Waals surface area contributed by atoms with Crippen LogP contribution in [-0.2, 0) is 4.79 Å². The Balaban J connectivity index is 1.64. The van der Waals surface area contributed by atoms with Crippen LogP contribution in [0.25, 0.3) is 0 Å². The van der Waals surface area contributed by atoms with E-state index >= 15 is 0 Å². The summed E-state index contributed by atoms with van der Waals surface area (Å²) in [6.45, 7) is 2.70. The number of carbonyl (C=O) groups excluding carboxylic acids is 1. The monoisotopic (exact) mass is 380 g/mol. The summed E-state index contributed by atoms with van der Waals surface area (Å²) < 4.78 is 0. The molecule has 2 heterocycles. The smallest absolute Gasteiger partial charge is 0.242 e. The average Bonchev–Trinajstić information content (AvgIpc) is 2.97. The third-order valence-corrected chi connectivity index (χ3v) is 5.84. The van der Waals surface area contributed by atoms with E-state index in [2.05, 4.69) is 44.2 Å². The third kappa shape index (κ3) is 3.76. The van der Waals surface area contributed by atoms with Gasteiger partial charge in [-0.25, -0.2) is 10.9 Å². The summed E-state index contributed by atoms with van der Waals surface area (Å²) in [5, 5.41) is 3.23. The lowest BCUT2D eigenvalue weighted by Gasteiger charge is -2.34. The Morgan fingerprint density at radius 2 is 2.13 bits per heavy atom. The minimum Gasteiger partial charge on any atom is -0.341 e. The van der Waals surface area contributed by atoms with E-state index in [4.69, 9.17) is 0 Å². The number of halogens is 1. The normalized spacial score (nSPS) is 31.3. The predicted octanol–water partition coefficient (Wildman–Crippen LogP) is 1.43. The van der Waals surface area contributed by atoms with Crippen LogP contribution in [0.5, 0.6) is 0 Å². The standard InChI is InChI=1S/C17H25BrN4O/c1-19-10-12-6-5-9-22(11-12)17(23)16-14(18)15(20-21-16)13-7-3-2-4-8-13/h2-4,7-8,12,14-16,19-21H,5-6,9-11H2,1H3. The van der Waals surface area contributed by atoms with E-state index in [1.165, 1.54) is 12.0 Å². The van der Waals surface area contributed by atoms with Crippen LogP contribution in [0.2, 0.25) is 0 Å². The number of hydrazine groups is 1. The van der Waals surface area contributed by atoms with Gasteiger partial charge in [0.25, 0.3) is 0 Å². The lowest BCUT2D eigenvalue weighted by molar-refractivity contribution is -0.134. The van der Waals surface area contributed by atoms with Crippen molar-refractivity contribution in [2.45, 2.75) is 29.8 Å². The summed E-state index contributed by atoms with van der Waals surface area (Å²) in [5.74, 6) is 0.754. The van der Waals surface area contributed by atoms with Crippen molar-refractivity contribution in [2.75, 3.05) is 26.7 Å². The van der Waals surface area contributed by atoms with Crippen LogP contribution in [-0.4, -0.2) is 48.4 Å². The van der Waals surface area contributed by atoms with Crippen molar-refractivity contribution < 1.29 is 4.79 Å². The molecule has 0 saturated carbocycles. The first-order valence-electron chi connectivity index (χ1n) is 8.34. The molecule has 1 aromatic rings. The second kappa shape index (κ2) is 7.75. The molecule has 0 aromatic heterocycles. The van der Waals surface area contributed by atoms with Gasteiger partial charge in [0.1, 0.15) is 6.04 Å². The minimum atomic E-state index is -0.228. The average molecular weight is 381 g/mol. The zero-order chi connectivity index (χ0) is 16.2. The van der Waals surface area contributed by atoms with E-state index in [1.807, 2.05) is 30.1 Å². The highest BCUT2D eigenvalue weighted by Crippen LogP contribution is 2.30. The molecule has 0 aliphatic carbocycles. The van der Waals surface area contributed by atoms with Gasteiger partial charge in [-0.15, -0.1) is 0 Å². The minimum absolute atomic E-state index is 0.0436. The fourth-order valence-corrected chi connectivity index (χ4v) is 4.37. The lowest BCUT2D eigenvalue weighted by Crippen LogP contribution is -2.52. The molecule has 2 aliphatic heterocycles. The van der Waals surface area contributed by atoms with Gasteiger partial charge < -0.3 is 10.2 Å². The zero-order valence-corrected chi connectivity index (χ0v) is 15.1. The first-order valence-corrected chi connectivity index (χ1v) is 9.25. The van der Waals surface area contributed by atoms with Gasteiger partial charge in [0.05, 0.1) is 10.9 Å². The van der Waals surface area contributed by atoms with Crippen molar-refractivity contribution in [1.29, 1.82) is 0 Å². The van der Waals surface area contributed by atoms with E-state index < -0.39 is 0 Å². The Morgan fingerprint density at radius 1 is 1.35 bits per heavy atom. The lowest BCUT2D eigenvalue weighted by atomic mass is 9.96. The number of piperidine rings is 1.